The first-order valence-corrected chi connectivity index (χ1v) is 7.20. The van der Waals surface area contributed by atoms with Gasteiger partial charge in [-0.15, -0.1) is 0 Å². The predicted molar refractivity (Wildman–Crippen MR) is 85.4 cm³/mol. The molecule has 22 heavy (non-hydrogen) atoms. The molecule has 0 fully saturated rings. The third kappa shape index (κ3) is 3.41. The summed E-state index contributed by atoms with van der Waals surface area (Å²) in [5.41, 5.74) is 2.92. The number of aromatic nitrogens is 2. The van der Waals surface area contributed by atoms with Gasteiger partial charge in [0, 0.05) is 24.5 Å². The Kier molecular flexibility index (Phi) is 4.30. The summed E-state index contributed by atoms with van der Waals surface area (Å²) in [6.07, 6.45) is 3.69. The highest BCUT2D eigenvalue weighted by atomic mass is 16.1. The molecule has 1 N–H and O–H groups in total. The van der Waals surface area contributed by atoms with E-state index < -0.39 is 0 Å². The number of carbonyl (C=O) groups is 1. The lowest BCUT2D eigenvalue weighted by atomic mass is 10.1. The fourth-order valence-corrected chi connectivity index (χ4v) is 2.32. The number of hydrogen-bond acceptors (Lipinski definition) is 2. The van der Waals surface area contributed by atoms with Crippen LogP contribution in [0.2, 0.25) is 0 Å². The van der Waals surface area contributed by atoms with Crippen LogP contribution in [0, 0.1) is 0 Å². The monoisotopic (exact) mass is 291 g/mol. The van der Waals surface area contributed by atoms with Crippen molar-refractivity contribution in [2.45, 2.75) is 13.1 Å². The molecular weight excluding hydrogens is 274 g/mol. The highest BCUT2D eigenvalue weighted by molar-refractivity contribution is 5.94. The van der Waals surface area contributed by atoms with Gasteiger partial charge in [0.1, 0.15) is 0 Å². The van der Waals surface area contributed by atoms with E-state index in [1.165, 1.54) is 0 Å². The van der Waals surface area contributed by atoms with Crippen LogP contribution >= 0.6 is 0 Å². The number of rotatable bonds is 5. The maximum absolute atomic E-state index is 12.1. The summed E-state index contributed by atoms with van der Waals surface area (Å²) in [6, 6.07) is 19.2. The van der Waals surface area contributed by atoms with Gasteiger partial charge in [0.15, 0.2) is 0 Å². The number of hydrogen-bond donors (Lipinski definition) is 1. The second kappa shape index (κ2) is 6.72. The van der Waals surface area contributed by atoms with E-state index in [1.807, 2.05) is 65.5 Å². The Morgan fingerprint density at radius 1 is 0.955 bits per heavy atom. The summed E-state index contributed by atoms with van der Waals surface area (Å²) >= 11 is 0. The fourth-order valence-electron chi connectivity index (χ4n) is 2.32. The van der Waals surface area contributed by atoms with Crippen LogP contribution in [-0.4, -0.2) is 15.7 Å². The van der Waals surface area contributed by atoms with Crippen molar-refractivity contribution in [2.24, 2.45) is 0 Å². The molecule has 1 heterocycles. The third-order valence-electron chi connectivity index (χ3n) is 3.49. The van der Waals surface area contributed by atoms with Gasteiger partial charge in [-0.25, -0.2) is 0 Å². The quantitative estimate of drug-likeness (QED) is 0.785. The van der Waals surface area contributed by atoms with E-state index in [0.717, 1.165) is 11.1 Å². The molecule has 0 spiro atoms. The zero-order valence-corrected chi connectivity index (χ0v) is 12.1. The molecular formula is C18H17N3O. The molecule has 0 aliphatic rings. The number of carbonyl (C=O) groups excluding carboxylic acids is 1. The molecule has 3 rings (SSSR count). The second-order valence-corrected chi connectivity index (χ2v) is 5.02. The largest absolute Gasteiger partial charge is 0.348 e. The van der Waals surface area contributed by atoms with Gasteiger partial charge in [0.2, 0.25) is 0 Å². The molecule has 0 aliphatic carbocycles. The maximum atomic E-state index is 12.1. The summed E-state index contributed by atoms with van der Waals surface area (Å²) in [5.74, 6) is -0.0607. The summed E-state index contributed by atoms with van der Waals surface area (Å²) in [7, 11) is 0. The Morgan fingerprint density at radius 3 is 2.41 bits per heavy atom. The Morgan fingerprint density at radius 2 is 1.68 bits per heavy atom. The van der Waals surface area contributed by atoms with Crippen LogP contribution in [0.1, 0.15) is 21.5 Å². The molecule has 1 aromatic heterocycles. The Labute approximate surface area is 129 Å². The van der Waals surface area contributed by atoms with Crippen LogP contribution < -0.4 is 5.32 Å². The van der Waals surface area contributed by atoms with Gasteiger partial charge in [0.05, 0.1) is 6.54 Å². The highest BCUT2D eigenvalue weighted by Crippen LogP contribution is 2.10. The van der Waals surface area contributed by atoms with Crippen molar-refractivity contribution in [3.63, 3.8) is 0 Å². The minimum Gasteiger partial charge on any atom is -0.348 e. The molecule has 0 bridgehead atoms. The molecule has 0 saturated heterocycles. The van der Waals surface area contributed by atoms with Gasteiger partial charge in [-0.1, -0.05) is 42.5 Å². The van der Waals surface area contributed by atoms with Crippen molar-refractivity contribution in [1.82, 2.24) is 15.1 Å². The number of nitrogens with one attached hydrogen (secondary N) is 1. The molecule has 1 amide bonds. The molecule has 3 aromatic rings. The van der Waals surface area contributed by atoms with E-state index in [9.17, 15) is 4.79 Å². The predicted octanol–water partition coefficient (Wildman–Crippen LogP) is 2.86. The van der Waals surface area contributed by atoms with E-state index in [0.29, 0.717) is 18.7 Å². The average molecular weight is 291 g/mol. The first kappa shape index (κ1) is 14.1. The number of benzene rings is 2. The molecule has 4 heteroatoms. The van der Waals surface area contributed by atoms with Crippen LogP contribution in [0.5, 0.6) is 0 Å². The molecule has 0 unspecified atom stereocenters. The lowest BCUT2D eigenvalue weighted by molar-refractivity contribution is 0.0951. The first-order valence-electron chi connectivity index (χ1n) is 7.20. The molecule has 4 nitrogen and oxygen atoms in total. The van der Waals surface area contributed by atoms with E-state index in [-0.39, 0.29) is 5.91 Å². The number of amides is 1. The van der Waals surface area contributed by atoms with Gasteiger partial charge in [-0.3, -0.25) is 9.48 Å². The molecule has 0 aliphatic heterocycles. The van der Waals surface area contributed by atoms with Gasteiger partial charge in [-0.2, -0.15) is 5.10 Å². The van der Waals surface area contributed by atoms with Crippen molar-refractivity contribution in [3.05, 3.63) is 89.7 Å². The average Bonchev–Trinajstić information content (AvgIpc) is 3.07. The summed E-state index contributed by atoms with van der Waals surface area (Å²) in [5, 5.41) is 7.19. The van der Waals surface area contributed by atoms with Crippen LogP contribution in [0.3, 0.4) is 0 Å². The van der Waals surface area contributed by atoms with Gasteiger partial charge < -0.3 is 5.32 Å². The molecule has 0 atom stereocenters. The zero-order valence-electron chi connectivity index (χ0n) is 12.1. The molecule has 0 saturated carbocycles. The van der Waals surface area contributed by atoms with Crippen molar-refractivity contribution < 1.29 is 4.79 Å². The highest BCUT2D eigenvalue weighted by Gasteiger charge is 2.07. The van der Waals surface area contributed by atoms with Gasteiger partial charge in [0.25, 0.3) is 5.91 Å². The fraction of sp³-hybridized carbons (Fsp3) is 0.111. The van der Waals surface area contributed by atoms with E-state index in [1.54, 1.807) is 6.20 Å². The van der Waals surface area contributed by atoms with Gasteiger partial charge in [-0.05, 0) is 29.3 Å². The van der Waals surface area contributed by atoms with Crippen LogP contribution in [-0.2, 0) is 13.1 Å². The smallest absolute Gasteiger partial charge is 0.251 e. The SMILES string of the molecule is O=C(NCc1ccccc1Cn1cccn1)c1ccccc1. The molecule has 2 aromatic carbocycles. The van der Waals surface area contributed by atoms with E-state index in [2.05, 4.69) is 16.5 Å². The zero-order chi connectivity index (χ0) is 15.2. The lowest BCUT2D eigenvalue weighted by Crippen LogP contribution is -2.23. The Balaban J connectivity index is 1.69. The Bertz CT molecular complexity index is 736. The first-order chi connectivity index (χ1) is 10.8. The van der Waals surface area contributed by atoms with Crippen molar-refractivity contribution in [2.75, 3.05) is 0 Å². The summed E-state index contributed by atoms with van der Waals surface area (Å²) < 4.78 is 1.87. The van der Waals surface area contributed by atoms with Crippen molar-refractivity contribution in [3.8, 4) is 0 Å². The normalized spacial score (nSPS) is 10.4. The van der Waals surface area contributed by atoms with Crippen LogP contribution in [0.25, 0.3) is 0 Å². The van der Waals surface area contributed by atoms with E-state index >= 15 is 0 Å². The van der Waals surface area contributed by atoms with Crippen LogP contribution in [0.15, 0.2) is 73.1 Å². The maximum Gasteiger partial charge on any atom is 0.251 e. The minimum atomic E-state index is -0.0607. The second-order valence-electron chi connectivity index (χ2n) is 5.02. The van der Waals surface area contributed by atoms with Crippen LogP contribution in [0.4, 0.5) is 0 Å². The standard InChI is InChI=1S/C18H17N3O/c22-18(15-7-2-1-3-8-15)19-13-16-9-4-5-10-17(16)14-21-12-6-11-20-21/h1-12H,13-14H2,(H,19,22). The molecule has 110 valence electrons. The third-order valence-corrected chi connectivity index (χ3v) is 3.49. The summed E-state index contributed by atoms with van der Waals surface area (Å²) in [6.45, 7) is 1.20. The lowest BCUT2D eigenvalue weighted by Gasteiger charge is -2.11. The minimum absolute atomic E-state index is 0.0607. The van der Waals surface area contributed by atoms with Gasteiger partial charge >= 0.3 is 0 Å². The van der Waals surface area contributed by atoms with E-state index in [4.69, 9.17) is 0 Å². The van der Waals surface area contributed by atoms with Crippen molar-refractivity contribution in [1.29, 1.82) is 0 Å². The topological polar surface area (TPSA) is 46.9 Å². The number of nitrogens with zero attached hydrogens (tertiary/aromatic N) is 2. The Hall–Kier alpha value is -2.88. The summed E-state index contributed by atoms with van der Waals surface area (Å²) in [4.78, 5) is 12.1. The molecule has 0 radical (unpaired) electrons. The van der Waals surface area contributed by atoms with Crippen molar-refractivity contribution >= 4 is 5.91 Å².